The lowest BCUT2D eigenvalue weighted by molar-refractivity contribution is -0.120. The molecule has 1 amide bonds. The van der Waals surface area contributed by atoms with Gasteiger partial charge in [-0.1, -0.05) is 51.9 Å². The van der Waals surface area contributed by atoms with Crippen molar-refractivity contribution < 1.29 is 19.8 Å². The summed E-state index contributed by atoms with van der Waals surface area (Å²) in [7, 11) is 3.01. The van der Waals surface area contributed by atoms with Crippen LogP contribution in [0.3, 0.4) is 0 Å². The summed E-state index contributed by atoms with van der Waals surface area (Å²) in [5.41, 5.74) is 1.61. The molecule has 0 fully saturated rings. The third-order valence-corrected chi connectivity index (χ3v) is 6.27. The van der Waals surface area contributed by atoms with Crippen LogP contribution in [0, 0.1) is 0 Å². The van der Waals surface area contributed by atoms with Gasteiger partial charge < -0.3 is 15.5 Å². The van der Waals surface area contributed by atoms with Crippen molar-refractivity contribution in [3.05, 3.63) is 54.1 Å². The maximum atomic E-state index is 12.1. The molecule has 2 atom stereocenters. The van der Waals surface area contributed by atoms with E-state index in [1.807, 2.05) is 48.5 Å². The predicted octanol–water partition coefficient (Wildman–Crippen LogP) is 4.08. The standard InChI is InChI=1S/C21H25NO4S2/c1-14(23)11-17(25)13-16-7-3-5-9-19(16)27-28-20-10-6-4-8-18(20)22-21(26)12-15(2)24/h3-10,14-15,23-24H,11-13H2,1-2H3,(H,22,26). The highest BCUT2D eigenvalue weighted by Crippen LogP contribution is 2.42. The predicted molar refractivity (Wildman–Crippen MR) is 115 cm³/mol. The van der Waals surface area contributed by atoms with Gasteiger partial charge in [-0.3, -0.25) is 9.59 Å². The van der Waals surface area contributed by atoms with Crippen molar-refractivity contribution in [2.45, 2.75) is 55.1 Å². The van der Waals surface area contributed by atoms with E-state index in [4.69, 9.17) is 0 Å². The minimum Gasteiger partial charge on any atom is -0.393 e. The number of anilines is 1. The largest absolute Gasteiger partial charge is 0.393 e. The van der Waals surface area contributed by atoms with Gasteiger partial charge in [0.2, 0.25) is 5.91 Å². The van der Waals surface area contributed by atoms with Crippen molar-refractivity contribution in [2.75, 3.05) is 5.32 Å². The number of aliphatic hydroxyl groups excluding tert-OH is 2. The topological polar surface area (TPSA) is 86.6 Å². The number of benzene rings is 2. The molecule has 150 valence electrons. The van der Waals surface area contributed by atoms with Crippen molar-refractivity contribution in [1.82, 2.24) is 0 Å². The summed E-state index contributed by atoms with van der Waals surface area (Å²) < 4.78 is 0. The first-order valence-corrected chi connectivity index (χ1v) is 11.2. The molecule has 0 spiro atoms. The Labute approximate surface area is 173 Å². The molecule has 2 aromatic carbocycles. The number of para-hydroxylation sites is 1. The zero-order valence-electron chi connectivity index (χ0n) is 15.9. The van der Waals surface area contributed by atoms with Gasteiger partial charge in [0.05, 0.1) is 24.3 Å². The molecular formula is C21H25NO4S2. The smallest absolute Gasteiger partial charge is 0.226 e. The van der Waals surface area contributed by atoms with E-state index in [0.717, 1.165) is 15.4 Å². The van der Waals surface area contributed by atoms with Gasteiger partial charge in [0.25, 0.3) is 0 Å². The Hall–Kier alpha value is -1.80. The van der Waals surface area contributed by atoms with Gasteiger partial charge >= 0.3 is 0 Å². The van der Waals surface area contributed by atoms with Crippen molar-refractivity contribution in [3.63, 3.8) is 0 Å². The fourth-order valence-corrected chi connectivity index (χ4v) is 4.91. The Bertz CT molecular complexity index is 741. The molecule has 3 N–H and O–H groups in total. The summed E-state index contributed by atoms with van der Waals surface area (Å²) in [6.45, 7) is 3.18. The summed E-state index contributed by atoms with van der Waals surface area (Å²) in [4.78, 5) is 25.9. The van der Waals surface area contributed by atoms with Crippen LogP contribution in [0.1, 0.15) is 32.3 Å². The highest BCUT2D eigenvalue weighted by Gasteiger charge is 2.13. The van der Waals surface area contributed by atoms with Gasteiger partial charge in [-0.15, -0.1) is 0 Å². The number of hydrogen-bond donors (Lipinski definition) is 3. The summed E-state index contributed by atoms with van der Waals surface area (Å²) in [6.07, 6.45) is -0.870. The number of nitrogens with one attached hydrogen (secondary N) is 1. The molecule has 0 bridgehead atoms. The Morgan fingerprint density at radius 1 is 0.893 bits per heavy atom. The van der Waals surface area contributed by atoms with Crippen LogP contribution in [-0.4, -0.2) is 34.1 Å². The second kappa shape index (κ2) is 11.3. The molecule has 0 aliphatic rings. The summed E-state index contributed by atoms with van der Waals surface area (Å²) in [5.74, 6) is -0.240. The lowest BCUT2D eigenvalue weighted by Gasteiger charge is -2.12. The van der Waals surface area contributed by atoms with E-state index in [2.05, 4.69) is 5.32 Å². The van der Waals surface area contributed by atoms with Crippen LogP contribution in [0.2, 0.25) is 0 Å². The van der Waals surface area contributed by atoms with Crippen LogP contribution in [-0.2, 0) is 16.0 Å². The summed E-state index contributed by atoms with van der Waals surface area (Å²) in [5, 5.41) is 21.6. The Morgan fingerprint density at radius 2 is 1.46 bits per heavy atom. The molecule has 0 heterocycles. The van der Waals surface area contributed by atoms with Gasteiger partial charge in [0.15, 0.2) is 0 Å². The van der Waals surface area contributed by atoms with Crippen molar-refractivity contribution >= 4 is 39.0 Å². The summed E-state index contributed by atoms with van der Waals surface area (Å²) >= 11 is 0. The molecule has 2 unspecified atom stereocenters. The van der Waals surface area contributed by atoms with Gasteiger partial charge in [0.1, 0.15) is 5.78 Å². The number of Topliss-reactive ketones (excluding diaryl/α,β-unsaturated/α-hetero) is 1. The molecule has 5 nitrogen and oxygen atoms in total. The fraction of sp³-hybridized carbons (Fsp3) is 0.333. The highest BCUT2D eigenvalue weighted by atomic mass is 33.1. The number of amides is 1. The van der Waals surface area contributed by atoms with Crippen LogP contribution >= 0.6 is 21.6 Å². The van der Waals surface area contributed by atoms with E-state index in [1.165, 1.54) is 21.6 Å². The molecule has 28 heavy (non-hydrogen) atoms. The number of carbonyl (C=O) groups excluding carboxylic acids is 2. The average molecular weight is 420 g/mol. The van der Waals surface area contributed by atoms with Crippen LogP contribution in [0.25, 0.3) is 0 Å². The number of aliphatic hydroxyl groups is 2. The van der Waals surface area contributed by atoms with E-state index in [9.17, 15) is 19.8 Å². The van der Waals surface area contributed by atoms with Crippen molar-refractivity contribution in [2.24, 2.45) is 0 Å². The quantitative estimate of drug-likeness (QED) is 0.503. The van der Waals surface area contributed by atoms with E-state index < -0.39 is 12.2 Å². The number of rotatable bonds is 10. The fourth-order valence-electron chi connectivity index (χ4n) is 2.55. The van der Waals surface area contributed by atoms with Crippen LogP contribution in [0.15, 0.2) is 58.3 Å². The molecule has 0 aliphatic heterocycles. The second-order valence-electron chi connectivity index (χ2n) is 6.64. The third kappa shape index (κ3) is 7.67. The van der Waals surface area contributed by atoms with Crippen LogP contribution in [0.5, 0.6) is 0 Å². The van der Waals surface area contributed by atoms with E-state index in [1.54, 1.807) is 13.8 Å². The minimum atomic E-state index is -0.694. The maximum Gasteiger partial charge on any atom is 0.226 e. The van der Waals surface area contributed by atoms with Gasteiger partial charge in [-0.25, -0.2) is 0 Å². The molecular weight excluding hydrogens is 394 g/mol. The SMILES string of the molecule is CC(O)CC(=O)Cc1ccccc1SSc1ccccc1NC(=O)CC(C)O. The summed E-state index contributed by atoms with van der Waals surface area (Å²) in [6, 6.07) is 15.2. The Balaban J connectivity index is 2.07. The van der Waals surface area contributed by atoms with Crippen LogP contribution < -0.4 is 5.32 Å². The maximum absolute atomic E-state index is 12.1. The van der Waals surface area contributed by atoms with E-state index >= 15 is 0 Å². The third-order valence-electron chi connectivity index (χ3n) is 3.75. The van der Waals surface area contributed by atoms with Gasteiger partial charge in [-0.05, 0) is 37.6 Å². The number of ketones is 1. The monoisotopic (exact) mass is 419 g/mol. The normalized spacial score (nSPS) is 13.0. The first kappa shape index (κ1) is 22.5. The van der Waals surface area contributed by atoms with Gasteiger partial charge in [0, 0.05) is 22.6 Å². The van der Waals surface area contributed by atoms with Crippen molar-refractivity contribution in [1.29, 1.82) is 0 Å². The first-order valence-electron chi connectivity index (χ1n) is 9.04. The lowest BCUT2D eigenvalue weighted by atomic mass is 10.1. The Morgan fingerprint density at radius 3 is 2.14 bits per heavy atom. The minimum absolute atomic E-state index is 0.00108. The molecule has 2 rings (SSSR count). The molecule has 0 saturated heterocycles. The van der Waals surface area contributed by atoms with Gasteiger partial charge in [-0.2, -0.15) is 0 Å². The highest BCUT2D eigenvalue weighted by molar-refractivity contribution is 8.76. The lowest BCUT2D eigenvalue weighted by Crippen LogP contribution is -2.17. The molecule has 0 radical (unpaired) electrons. The number of carbonyl (C=O) groups is 2. The first-order chi connectivity index (χ1) is 13.3. The molecule has 0 saturated carbocycles. The van der Waals surface area contributed by atoms with E-state index in [0.29, 0.717) is 5.69 Å². The average Bonchev–Trinajstić information content (AvgIpc) is 2.60. The van der Waals surface area contributed by atoms with E-state index in [-0.39, 0.29) is 31.0 Å². The number of hydrogen-bond acceptors (Lipinski definition) is 6. The molecule has 2 aromatic rings. The zero-order chi connectivity index (χ0) is 20.5. The molecule has 7 heteroatoms. The molecule has 0 aromatic heterocycles. The second-order valence-corrected chi connectivity index (χ2v) is 8.85. The molecule has 0 aliphatic carbocycles. The zero-order valence-corrected chi connectivity index (χ0v) is 17.6. The Kier molecular flexibility index (Phi) is 9.05. The van der Waals surface area contributed by atoms with Crippen LogP contribution in [0.4, 0.5) is 5.69 Å². The van der Waals surface area contributed by atoms with Crippen molar-refractivity contribution in [3.8, 4) is 0 Å².